The number of thiophene rings is 1. The second kappa shape index (κ2) is 7.80. The van der Waals surface area contributed by atoms with E-state index >= 15 is 0 Å². The van der Waals surface area contributed by atoms with Crippen LogP contribution in [0.5, 0.6) is 0 Å². The summed E-state index contributed by atoms with van der Waals surface area (Å²) in [6.07, 6.45) is 4.36. The summed E-state index contributed by atoms with van der Waals surface area (Å²) in [4.78, 5) is 1.46. The Kier molecular flexibility index (Phi) is 6.04. The van der Waals surface area contributed by atoms with Gasteiger partial charge in [0.15, 0.2) is 0 Å². The summed E-state index contributed by atoms with van der Waals surface area (Å²) in [6.45, 7) is 0. The fourth-order valence-electron chi connectivity index (χ4n) is 2.15. The van der Waals surface area contributed by atoms with E-state index in [0.29, 0.717) is 6.04 Å². The predicted molar refractivity (Wildman–Crippen MR) is 86.2 cm³/mol. The van der Waals surface area contributed by atoms with Gasteiger partial charge in [-0.25, -0.2) is 0 Å². The van der Waals surface area contributed by atoms with Crippen molar-refractivity contribution in [2.75, 3.05) is 0 Å². The Morgan fingerprint density at radius 2 is 2.05 bits per heavy atom. The summed E-state index contributed by atoms with van der Waals surface area (Å²) < 4.78 is 1.16. The fraction of sp³-hybridized carbons (Fsp3) is 0.333. The van der Waals surface area contributed by atoms with Gasteiger partial charge in [0.2, 0.25) is 0 Å². The lowest BCUT2D eigenvalue weighted by Crippen LogP contribution is -2.36. The minimum atomic E-state index is 0.332. The van der Waals surface area contributed by atoms with Crippen LogP contribution in [0.2, 0.25) is 0 Å². The van der Waals surface area contributed by atoms with Gasteiger partial charge in [-0.1, -0.05) is 40.2 Å². The second-order valence-corrected chi connectivity index (χ2v) is 6.52. The lowest BCUT2D eigenvalue weighted by molar-refractivity contribution is 0.476. The van der Waals surface area contributed by atoms with Crippen molar-refractivity contribution in [3.05, 3.63) is 56.7 Å². The van der Waals surface area contributed by atoms with Crippen molar-refractivity contribution in [3.63, 3.8) is 0 Å². The van der Waals surface area contributed by atoms with Gasteiger partial charge in [-0.15, -0.1) is 11.3 Å². The highest BCUT2D eigenvalue weighted by Crippen LogP contribution is 2.19. The normalized spacial score (nSPS) is 12.5. The number of aryl methyl sites for hydroxylation is 1. The zero-order valence-electron chi connectivity index (χ0n) is 10.8. The molecule has 2 nitrogen and oxygen atoms in total. The van der Waals surface area contributed by atoms with Crippen molar-refractivity contribution in [3.8, 4) is 0 Å². The molecule has 1 heterocycles. The largest absolute Gasteiger partial charge is 0.271 e. The first-order valence-corrected chi connectivity index (χ1v) is 8.19. The number of benzene rings is 1. The molecule has 0 aliphatic rings. The van der Waals surface area contributed by atoms with Crippen molar-refractivity contribution < 1.29 is 0 Å². The Bertz CT molecular complexity index is 485. The van der Waals surface area contributed by atoms with E-state index in [1.165, 1.54) is 16.9 Å². The predicted octanol–water partition coefficient (Wildman–Crippen LogP) is 3.91. The molecular formula is C15H19BrN2S. The van der Waals surface area contributed by atoms with Crippen LogP contribution in [0.4, 0.5) is 0 Å². The summed E-state index contributed by atoms with van der Waals surface area (Å²) in [7, 11) is 0. The van der Waals surface area contributed by atoms with Crippen molar-refractivity contribution in [1.29, 1.82) is 0 Å². The molecule has 0 aliphatic heterocycles. The summed E-state index contributed by atoms with van der Waals surface area (Å²) >= 11 is 5.42. The molecule has 1 unspecified atom stereocenters. The molecule has 0 fully saturated rings. The van der Waals surface area contributed by atoms with E-state index in [1.54, 1.807) is 0 Å². The smallest absolute Gasteiger partial charge is 0.0251 e. The summed E-state index contributed by atoms with van der Waals surface area (Å²) in [5.74, 6) is 5.67. The van der Waals surface area contributed by atoms with Gasteiger partial charge in [0.1, 0.15) is 0 Å². The number of nitrogens with one attached hydrogen (secondary N) is 1. The van der Waals surface area contributed by atoms with Crippen LogP contribution in [0.25, 0.3) is 0 Å². The van der Waals surface area contributed by atoms with Crippen molar-refractivity contribution in [1.82, 2.24) is 5.43 Å². The topological polar surface area (TPSA) is 38.0 Å². The van der Waals surface area contributed by atoms with Gasteiger partial charge in [-0.3, -0.25) is 11.3 Å². The minimum absolute atomic E-state index is 0.332. The van der Waals surface area contributed by atoms with Crippen LogP contribution < -0.4 is 11.3 Å². The van der Waals surface area contributed by atoms with Gasteiger partial charge < -0.3 is 0 Å². The Balaban J connectivity index is 1.82. The first kappa shape index (κ1) is 14.7. The zero-order valence-corrected chi connectivity index (χ0v) is 13.2. The molecule has 0 bridgehead atoms. The average molecular weight is 339 g/mol. The maximum Gasteiger partial charge on any atom is 0.0251 e. The van der Waals surface area contributed by atoms with Crippen molar-refractivity contribution in [2.45, 2.75) is 31.7 Å². The van der Waals surface area contributed by atoms with E-state index in [1.807, 2.05) is 17.4 Å². The van der Waals surface area contributed by atoms with Crippen LogP contribution in [0.15, 0.2) is 46.3 Å². The molecule has 1 aromatic heterocycles. The van der Waals surface area contributed by atoms with Gasteiger partial charge >= 0.3 is 0 Å². The molecule has 0 amide bonds. The van der Waals surface area contributed by atoms with Crippen molar-refractivity contribution >= 4 is 27.3 Å². The molecule has 0 spiro atoms. The first-order valence-electron chi connectivity index (χ1n) is 6.51. The Hall–Kier alpha value is -0.680. The van der Waals surface area contributed by atoms with E-state index in [-0.39, 0.29) is 0 Å². The molecule has 19 heavy (non-hydrogen) atoms. The maximum atomic E-state index is 5.67. The molecule has 3 N–H and O–H groups in total. The molecule has 0 saturated carbocycles. The van der Waals surface area contributed by atoms with Gasteiger partial charge in [0.25, 0.3) is 0 Å². The summed E-state index contributed by atoms with van der Waals surface area (Å²) in [5.41, 5.74) is 4.25. The van der Waals surface area contributed by atoms with Crippen LogP contribution in [0, 0.1) is 0 Å². The van der Waals surface area contributed by atoms with Crippen LogP contribution in [0.1, 0.15) is 23.3 Å². The number of hydrogen-bond donors (Lipinski definition) is 2. The summed E-state index contributed by atoms with van der Waals surface area (Å²) in [6, 6.07) is 13.0. The molecule has 0 radical (unpaired) electrons. The number of hydrogen-bond acceptors (Lipinski definition) is 3. The van der Waals surface area contributed by atoms with Crippen LogP contribution in [-0.2, 0) is 12.8 Å². The van der Waals surface area contributed by atoms with E-state index < -0.39 is 0 Å². The molecule has 0 saturated heterocycles. The third-order valence-corrected chi connectivity index (χ3v) is 4.93. The first-order chi connectivity index (χ1) is 9.29. The highest BCUT2D eigenvalue weighted by molar-refractivity contribution is 9.10. The van der Waals surface area contributed by atoms with E-state index in [2.05, 4.69) is 57.1 Å². The van der Waals surface area contributed by atoms with E-state index in [0.717, 1.165) is 23.7 Å². The lowest BCUT2D eigenvalue weighted by Gasteiger charge is -2.16. The van der Waals surface area contributed by atoms with Gasteiger partial charge in [0, 0.05) is 15.4 Å². The number of halogens is 1. The van der Waals surface area contributed by atoms with Crippen LogP contribution in [0.3, 0.4) is 0 Å². The molecule has 0 aliphatic carbocycles. The maximum absolute atomic E-state index is 5.67. The number of rotatable bonds is 7. The zero-order chi connectivity index (χ0) is 13.5. The SMILES string of the molecule is NNC(CCCc1cccs1)Cc1ccccc1Br. The molecule has 2 rings (SSSR count). The highest BCUT2D eigenvalue weighted by atomic mass is 79.9. The molecule has 2 aromatic rings. The lowest BCUT2D eigenvalue weighted by atomic mass is 10.0. The van der Waals surface area contributed by atoms with Gasteiger partial charge in [-0.05, 0) is 48.8 Å². The number of hydrazine groups is 1. The third kappa shape index (κ3) is 4.73. The Labute approximate surface area is 127 Å². The second-order valence-electron chi connectivity index (χ2n) is 4.63. The Morgan fingerprint density at radius 1 is 1.21 bits per heavy atom. The fourth-order valence-corrected chi connectivity index (χ4v) is 3.35. The Morgan fingerprint density at radius 3 is 2.74 bits per heavy atom. The minimum Gasteiger partial charge on any atom is -0.271 e. The molecule has 1 atom stereocenters. The summed E-state index contributed by atoms with van der Waals surface area (Å²) in [5, 5.41) is 2.13. The molecular weight excluding hydrogens is 320 g/mol. The van der Waals surface area contributed by atoms with Crippen LogP contribution in [-0.4, -0.2) is 6.04 Å². The monoisotopic (exact) mass is 338 g/mol. The van der Waals surface area contributed by atoms with Gasteiger partial charge in [0.05, 0.1) is 0 Å². The highest BCUT2D eigenvalue weighted by Gasteiger charge is 2.09. The van der Waals surface area contributed by atoms with E-state index in [9.17, 15) is 0 Å². The third-order valence-electron chi connectivity index (χ3n) is 3.22. The quantitative estimate of drug-likeness (QED) is 0.593. The van der Waals surface area contributed by atoms with Gasteiger partial charge in [-0.2, -0.15) is 0 Å². The van der Waals surface area contributed by atoms with Crippen molar-refractivity contribution in [2.24, 2.45) is 5.84 Å². The average Bonchev–Trinajstić information content (AvgIpc) is 2.93. The van der Waals surface area contributed by atoms with E-state index in [4.69, 9.17) is 5.84 Å². The standard InChI is InChI=1S/C15H19BrN2S/c16-15-9-2-1-5-12(15)11-13(18-17)6-3-7-14-8-4-10-19-14/h1-2,4-5,8-10,13,18H,3,6-7,11,17H2. The molecule has 1 aromatic carbocycles. The molecule has 102 valence electrons. The molecule has 4 heteroatoms. The number of nitrogens with two attached hydrogens (primary N) is 1. The van der Waals surface area contributed by atoms with Crippen LogP contribution >= 0.6 is 27.3 Å².